The van der Waals surface area contributed by atoms with Crippen molar-refractivity contribution in [2.75, 3.05) is 27.2 Å². The quantitative estimate of drug-likeness (QED) is 0.363. The molecule has 1 heterocycles. The van der Waals surface area contributed by atoms with E-state index in [2.05, 4.69) is 17.0 Å². The maximum atomic E-state index is 14.2. The fraction of sp³-hybridized carbons (Fsp3) is 0.417. The smallest absolute Gasteiger partial charge is 0.235 e. The van der Waals surface area contributed by atoms with Crippen LogP contribution in [0.25, 0.3) is 21.9 Å². The number of aliphatic hydroxyl groups is 1. The molecule has 1 saturated heterocycles. The maximum absolute atomic E-state index is 14.2. The molecule has 4 aliphatic rings. The Hall–Kier alpha value is -4.25. The van der Waals surface area contributed by atoms with Crippen molar-refractivity contribution >= 4 is 39.8 Å². The molecule has 0 radical (unpaired) electrons. The lowest BCUT2D eigenvalue weighted by Gasteiger charge is -2.52. The highest BCUT2D eigenvalue weighted by Crippen LogP contribution is 2.52. The first-order chi connectivity index (χ1) is 21.9. The van der Waals surface area contributed by atoms with Crippen molar-refractivity contribution in [2.24, 2.45) is 29.4 Å². The number of phenols is 1. The SMILES string of the molecule is CN(C)C1C(=O)C(C(N)=O)C(=O)C2(O)C(=O)C3C(=O)c4c(O)ccc(-c5ccc(CN6CCCC6)c6ccccc56)c4CC3CC12. The molecule has 0 bridgehead atoms. The van der Waals surface area contributed by atoms with Crippen LogP contribution in [-0.2, 0) is 32.1 Å². The van der Waals surface area contributed by atoms with Crippen molar-refractivity contribution in [3.63, 3.8) is 0 Å². The zero-order valence-corrected chi connectivity index (χ0v) is 25.9. The second kappa shape index (κ2) is 10.9. The summed E-state index contributed by atoms with van der Waals surface area (Å²) in [6, 6.07) is 14.4. The topological polar surface area (TPSA) is 158 Å². The zero-order valence-electron chi connectivity index (χ0n) is 25.9. The number of carbonyl (C=O) groups excluding carboxylic acids is 5. The summed E-state index contributed by atoms with van der Waals surface area (Å²) in [7, 11) is 3.15. The number of hydrogen-bond acceptors (Lipinski definition) is 9. The zero-order chi connectivity index (χ0) is 32.7. The van der Waals surface area contributed by atoms with E-state index in [1.807, 2.05) is 24.3 Å². The number of primary amides is 1. The van der Waals surface area contributed by atoms with Gasteiger partial charge in [0.15, 0.2) is 34.7 Å². The number of Topliss-reactive ketones (excluding diaryl/α,β-unsaturated/α-hetero) is 4. The van der Waals surface area contributed by atoms with E-state index in [9.17, 15) is 34.2 Å². The molecular formula is C36H37N3O7. The predicted octanol–water partition coefficient (Wildman–Crippen LogP) is 2.28. The highest BCUT2D eigenvalue weighted by molar-refractivity contribution is 6.32. The third-order valence-electron chi connectivity index (χ3n) is 10.8. The summed E-state index contributed by atoms with van der Waals surface area (Å²) in [5, 5.41) is 25.0. The Morgan fingerprint density at radius 2 is 1.63 bits per heavy atom. The van der Waals surface area contributed by atoms with E-state index < -0.39 is 64.4 Å². The van der Waals surface area contributed by atoms with E-state index in [-0.39, 0.29) is 24.2 Å². The molecule has 7 rings (SSSR count). The molecule has 0 spiro atoms. The number of phenolic OH excluding ortho intramolecular Hbond substituents is 1. The Balaban J connectivity index is 1.34. The molecule has 10 heteroatoms. The van der Waals surface area contributed by atoms with Crippen LogP contribution < -0.4 is 5.73 Å². The minimum absolute atomic E-state index is 0.00526. The van der Waals surface area contributed by atoms with Crippen molar-refractivity contribution < 1.29 is 34.2 Å². The van der Waals surface area contributed by atoms with E-state index in [0.717, 1.165) is 41.5 Å². The lowest BCUT2D eigenvalue weighted by molar-refractivity contribution is -0.181. The number of ketones is 4. The van der Waals surface area contributed by atoms with Gasteiger partial charge >= 0.3 is 0 Å². The molecule has 0 aromatic heterocycles. The average Bonchev–Trinajstić information content (AvgIpc) is 3.52. The summed E-state index contributed by atoms with van der Waals surface area (Å²) in [6.45, 7) is 2.97. The molecule has 1 amide bonds. The minimum atomic E-state index is -2.74. The Morgan fingerprint density at radius 1 is 0.957 bits per heavy atom. The number of fused-ring (bicyclic) bond motifs is 4. The first-order valence-corrected chi connectivity index (χ1v) is 15.9. The van der Waals surface area contributed by atoms with Gasteiger partial charge in [0.25, 0.3) is 0 Å². The van der Waals surface area contributed by atoms with Gasteiger partial charge in [-0.3, -0.25) is 33.8 Å². The summed E-state index contributed by atoms with van der Waals surface area (Å²) >= 11 is 0. The highest BCUT2D eigenvalue weighted by Gasteiger charge is 2.69. The number of benzene rings is 3. The van der Waals surface area contributed by atoms with Crippen molar-refractivity contribution in [1.82, 2.24) is 9.80 Å². The number of amides is 1. The normalized spacial score (nSPS) is 29.6. The van der Waals surface area contributed by atoms with Crippen molar-refractivity contribution in [1.29, 1.82) is 0 Å². The van der Waals surface area contributed by atoms with Crippen LogP contribution in [0.5, 0.6) is 5.75 Å². The fourth-order valence-electron chi connectivity index (χ4n) is 8.77. The second-order valence-corrected chi connectivity index (χ2v) is 13.6. The molecule has 6 unspecified atom stereocenters. The van der Waals surface area contributed by atoms with E-state index in [4.69, 9.17) is 5.73 Å². The van der Waals surface area contributed by atoms with Crippen molar-refractivity contribution in [3.8, 4) is 16.9 Å². The number of aromatic hydroxyl groups is 1. The van der Waals surface area contributed by atoms with Gasteiger partial charge in [-0.1, -0.05) is 42.5 Å². The molecule has 2 saturated carbocycles. The lowest BCUT2D eigenvalue weighted by Crippen LogP contribution is -2.74. The molecular weight excluding hydrogens is 586 g/mol. The number of rotatable bonds is 5. The molecule has 238 valence electrons. The largest absolute Gasteiger partial charge is 0.507 e. The van der Waals surface area contributed by atoms with Gasteiger partial charge in [-0.2, -0.15) is 0 Å². The Morgan fingerprint density at radius 3 is 2.30 bits per heavy atom. The maximum Gasteiger partial charge on any atom is 0.235 e. The second-order valence-electron chi connectivity index (χ2n) is 13.6. The van der Waals surface area contributed by atoms with Crippen LogP contribution in [-0.4, -0.2) is 87.9 Å². The fourth-order valence-corrected chi connectivity index (χ4v) is 8.77. The summed E-state index contributed by atoms with van der Waals surface area (Å²) in [5.41, 5.74) is 6.11. The minimum Gasteiger partial charge on any atom is -0.507 e. The molecule has 6 atom stereocenters. The van der Waals surface area contributed by atoms with Gasteiger partial charge in [-0.25, -0.2) is 0 Å². The van der Waals surface area contributed by atoms with Crippen molar-refractivity contribution in [3.05, 3.63) is 65.2 Å². The molecule has 46 heavy (non-hydrogen) atoms. The Kier molecular flexibility index (Phi) is 7.23. The summed E-state index contributed by atoms with van der Waals surface area (Å²) in [4.78, 5) is 71.5. The van der Waals surface area contributed by atoms with Crippen LogP contribution in [0, 0.1) is 23.7 Å². The lowest BCUT2D eigenvalue weighted by atomic mass is 9.52. The first-order valence-electron chi connectivity index (χ1n) is 15.9. The molecule has 4 N–H and O–H groups in total. The van der Waals surface area contributed by atoms with Crippen LogP contribution in [0.2, 0.25) is 0 Å². The van der Waals surface area contributed by atoms with Crippen LogP contribution in [0.15, 0.2) is 48.5 Å². The summed E-state index contributed by atoms with van der Waals surface area (Å²) < 4.78 is 0. The standard InChI is InChI=1S/C36H37N3O7/c1-38(2)30-25-16-19-15-24-23(22-10-9-18(17-39-13-5-6-14-39)20-7-3-4-8-21(20)22)11-12-26(40)28(24)31(41)27(19)33(43)36(25,46)34(44)29(32(30)42)35(37)45/h3-4,7-12,19,25,27,29-30,40,46H,5-6,13-17H2,1-2H3,(H2,37,45). The molecule has 10 nitrogen and oxygen atoms in total. The number of likely N-dealkylation sites (N-methyl/N-ethyl adjacent to an activating group) is 1. The monoisotopic (exact) mass is 623 g/mol. The molecule has 1 aliphatic heterocycles. The van der Waals surface area contributed by atoms with Gasteiger partial charge in [0.2, 0.25) is 5.91 Å². The predicted molar refractivity (Wildman–Crippen MR) is 169 cm³/mol. The Labute approximate surface area is 266 Å². The van der Waals surface area contributed by atoms with Gasteiger partial charge in [-0.15, -0.1) is 0 Å². The van der Waals surface area contributed by atoms with Crippen LogP contribution in [0.3, 0.4) is 0 Å². The van der Waals surface area contributed by atoms with Crippen LogP contribution in [0.1, 0.15) is 40.7 Å². The average molecular weight is 624 g/mol. The van der Waals surface area contributed by atoms with Gasteiger partial charge in [0, 0.05) is 12.5 Å². The number of likely N-dealkylation sites (tertiary alicyclic amines) is 1. The van der Waals surface area contributed by atoms with E-state index in [1.54, 1.807) is 20.2 Å². The van der Waals surface area contributed by atoms with E-state index in [1.165, 1.54) is 29.4 Å². The third-order valence-corrected chi connectivity index (χ3v) is 10.8. The van der Waals surface area contributed by atoms with Gasteiger partial charge in [-0.05, 0) is 97.9 Å². The summed E-state index contributed by atoms with van der Waals surface area (Å²) in [6.07, 6.45) is 2.60. The number of carbonyl (C=O) groups is 5. The van der Waals surface area contributed by atoms with Gasteiger partial charge < -0.3 is 15.9 Å². The van der Waals surface area contributed by atoms with Crippen molar-refractivity contribution in [2.45, 2.75) is 43.9 Å². The number of nitrogens with two attached hydrogens (primary N) is 1. The first kappa shape index (κ1) is 30.4. The molecule has 3 aromatic rings. The number of hydrogen-bond donors (Lipinski definition) is 3. The summed E-state index contributed by atoms with van der Waals surface area (Å²) in [5.74, 6) is -10.5. The molecule has 3 fully saturated rings. The van der Waals surface area contributed by atoms with Crippen LogP contribution in [0.4, 0.5) is 0 Å². The van der Waals surface area contributed by atoms with Gasteiger partial charge in [0.05, 0.1) is 17.5 Å². The van der Waals surface area contributed by atoms with E-state index in [0.29, 0.717) is 5.56 Å². The van der Waals surface area contributed by atoms with Crippen LogP contribution >= 0.6 is 0 Å². The van der Waals surface area contributed by atoms with Gasteiger partial charge in [0.1, 0.15) is 5.75 Å². The van der Waals surface area contributed by atoms with E-state index >= 15 is 0 Å². The highest BCUT2D eigenvalue weighted by atomic mass is 16.3. The molecule has 3 aromatic carbocycles. The molecule has 3 aliphatic carbocycles. The third kappa shape index (κ3) is 4.30. The Bertz CT molecular complexity index is 1840. The number of nitrogens with zero attached hydrogens (tertiary/aromatic N) is 2.